The van der Waals surface area contributed by atoms with Gasteiger partial charge in [-0.15, -0.1) is 0 Å². The molecule has 0 aliphatic heterocycles. The first-order valence-corrected chi connectivity index (χ1v) is 8.26. The zero-order valence-electron chi connectivity index (χ0n) is 12.6. The van der Waals surface area contributed by atoms with Crippen LogP contribution >= 0.6 is 34.8 Å². The summed E-state index contributed by atoms with van der Waals surface area (Å²) in [5, 5.41) is 7.20. The van der Waals surface area contributed by atoms with Crippen LogP contribution in [0.25, 0.3) is 0 Å². The largest absolute Gasteiger partial charge is 0.324 e. The van der Waals surface area contributed by atoms with E-state index in [1.807, 2.05) is 0 Å². The predicted molar refractivity (Wildman–Crippen MR) is 101 cm³/mol. The number of benzene rings is 2. The van der Waals surface area contributed by atoms with Gasteiger partial charge < -0.3 is 10.6 Å². The van der Waals surface area contributed by atoms with Crippen LogP contribution in [0.1, 0.15) is 10.4 Å². The number of halogens is 3. The van der Waals surface area contributed by atoms with Gasteiger partial charge in [0, 0.05) is 28.8 Å². The highest BCUT2D eigenvalue weighted by Crippen LogP contribution is 2.26. The molecule has 0 saturated carbocycles. The molecule has 0 fully saturated rings. The second-order valence-electron chi connectivity index (χ2n) is 5.01. The molecule has 8 heteroatoms. The average molecular weight is 394 g/mol. The van der Waals surface area contributed by atoms with E-state index in [2.05, 4.69) is 20.6 Å². The van der Waals surface area contributed by atoms with Crippen LogP contribution in [0.4, 0.5) is 17.3 Å². The van der Waals surface area contributed by atoms with Gasteiger partial charge in [-0.25, -0.2) is 9.97 Å². The van der Waals surface area contributed by atoms with Gasteiger partial charge in [-0.05, 0) is 42.5 Å². The van der Waals surface area contributed by atoms with E-state index >= 15 is 0 Å². The first kappa shape index (κ1) is 17.5. The standard InChI is InChI=1S/C17H11Cl3N4O/c18-11-1-3-12(4-2-11)23-16(25)10-8-21-17(22-9-10)24-13-5-6-14(19)15(20)7-13/h1-9H,(H,23,25)(H,21,22,24). The number of rotatable bonds is 4. The van der Waals surface area contributed by atoms with Crippen molar-refractivity contribution in [2.24, 2.45) is 0 Å². The first-order valence-electron chi connectivity index (χ1n) is 7.12. The van der Waals surface area contributed by atoms with Crippen molar-refractivity contribution in [3.63, 3.8) is 0 Å². The van der Waals surface area contributed by atoms with E-state index in [-0.39, 0.29) is 5.91 Å². The fourth-order valence-electron chi connectivity index (χ4n) is 1.95. The minimum Gasteiger partial charge on any atom is -0.324 e. The molecular weight excluding hydrogens is 383 g/mol. The molecule has 5 nitrogen and oxygen atoms in total. The Morgan fingerprint density at radius 1 is 0.840 bits per heavy atom. The molecule has 25 heavy (non-hydrogen) atoms. The molecule has 1 heterocycles. The van der Waals surface area contributed by atoms with Gasteiger partial charge in [-0.3, -0.25) is 4.79 Å². The van der Waals surface area contributed by atoms with Crippen molar-refractivity contribution in [2.45, 2.75) is 0 Å². The maximum Gasteiger partial charge on any atom is 0.258 e. The Kier molecular flexibility index (Phi) is 5.38. The van der Waals surface area contributed by atoms with Crippen LogP contribution in [0.2, 0.25) is 15.1 Å². The Bertz CT molecular complexity index is 899. The fourth-order valence-corrected chi connectivity index (χ4v) is 2.37. The van der Waals surface area contributed by atoms with Crippen molar-refractivity contribution in [1.82, 2.24) is 9.97 Å². The van der Waals surface area contributed by atoms with Crippen LogP contribution in [0.5, 0.6) is 0 Å². The van der Waals surface area contributed by atoms with Crippen LogP contribution < -0.4 is 10.6 Å². The summed E-state index contributed by atoms with van der Waals surface area (Å²) in [7, 11) is 0. The number of aromatic nitrogens is 2. The number of nitrogens with zero attached hydrogens (tertiary/aromatic N) is 2. The normalized spacial score (nSPS) is 10.4. The summed E-state index contributed by atoms with van der Waals surface area (Å²) in [5.74, 6) is 0.0184. The lowest BCUT2D eigenvalue weighted by Gasteiger charge is -2.07. The zero-order chi connectivity index (χ0) is 17.8. The van der Waals surface area contributed by atoms with Gasteiger partial charge in [0.2, 0.25) is 5.95 Å². The van der Waals surface area contributed by atoms with E-state index < -0.39 is 0 Å². The van der Waals surface area contributed by atoms with Crippen molar-refractivity contribution in [1.29, 1.82) is 0 Å². The molecule has 2 N–H and O–H groups in total. The Labute approximate surface area is 159 Å². The first-order chi connectivity index (χ1) is 12.0. The highest BCUT2D eigenvalue weighted by atomic mass is 35.5. The predicted octanol–water partition coefficient (Wildman–Crippen LogP) is 5.43. The second-order valence-corrected chi connectivity index (χ2v) is 6.26. The number of hydrogen-bond donors (Lipinski definition) is 2. The lowest BCUT2D eigenvalue weighted by molar-refractivity contribution is 0.102. The Morgan fingerprint density at radius 2 is 1.48 bits per heavy atom. The van der Waals surface area contributed by atoms with E-state index in [1.54, 1.807) is 42.5 Å². The van der Waals surface area contributed by atoms with Gasteiger partial charge >= 0.3 is 0 Å². The molecule has 1 aromatic heterocycles. The van der Waals surface area contributed by atoms with E-state index in [0.29, 0.717) is 38.0 Å². The van der Waals surface area contributed by atoms with Crippen molar-refractivity contribution in [3.05, 3.63) is 75.5 Å². The smallest absolute Gasteiger partial charge is 0.258 e. The van der Waals surface area contributed by atoms with Crippen LogP contribution in [-0.2, 0) is 0 Å². The highest BCUT2D eigenvalue weighted by molar-refractivity contribution is 6.42. The van der Waals surface area contributed by atoms with Gasteiger partial charge in [-0.1, -0.05) is 34.8 Å². The molecule has 0 radical (unpaired) electrons. The third-order valence-electron chi connectivity index (χ3n) is 3.19. The number of hydrogen-bond acceptors (Lipinski definition) is 4. The quantitative estimate of drug-likeness (QED) is 0.620. The molecule has 0 spiro atoms. The van der Waals surface area contributed by atoms with E-state index in [1.165, 1.54) is 12.4 Å². The number of carbonyl (C=O) groups excluding carboxylic acids is 1. The van der Waals surface area contributed by atoms with Gasteiger partial charge in [-0.2, -0.15) is 0 Å². The Balaban J connectivity index is 1.67. The molecule has 126 valence electrons. The minimum absolute atomic E-state index is 0.316. The van der Waals surface area contributed by atoms with Crippen LogP contribution in [0, 0.1) is 0 Å². The minimum atomic E-state index is -0.316. The molecule has 0 aliphatic rings. The average Bonchev–Trinajstić information content (AvgIpc) is 2.61. The Morgan fingerprint density at radius 3 is 2.12 bits per heavy atom. The van der Waals surface area contributed by atoms with Crippen LogP contribution in [0.15, 0.2) is 54.9 Å². The number of carbonyl (C=O) groups is 1. The molecule has 1 amide bonds. The summed E-state index contributed by atoms with van der Waals surface area (Å²) in [6.45, 7) is 0. The molecular formula is C17H11Cl3N4O. The SMILES string of the molecule is O=C(Nc1ccc(Cl)cc1)c1cnc(Nc2ccc(Cl)c(Cl)c2)nc1. The number of nitrogens with one attached hydrogen (secondary N) is 2. The number of anilines is 3. The van der Waals surface area contributed by atoms with Gasteiger partial charge in [0.25, 0.3) is 5.91 Å². The second kappa shape index (κ2) is 7.70. The molecule has 3 aromatic rings. The molecule has 2 aromatic carbocycles. The van der Waals surface area contributed by atoms with Gasteiger partial charge in [0.05, 0.1) is 15.6 Å². The topological polar surface area (TPSA) is 66.9 Å². The third-order valence-corrected chi connectivity index (χ3v) is 4.18. The van der Waals surface area contributed by atoms with E-state index in [9.17, 15) is 4.79 Å². The summed E-state index contributed by atoms with van der Waals surface area (Å²) in [6, 6.07) is 11.9. The monoisotopic (exact) mass is 392 g/mol. The Hall–Kier alpha value is -2.34. The zero-order valence-corrected chi connectivity index (χ0v) is 14.9. The molecule has 0 aliphatic carbocycles. The van der Waals surface area contributed by atoms with Crippen molar-refractivity contribution in [2.75, 3.05) is 10.6 Å². The third kappa shape index (κ3) is 4.60. The molecule has 3 rings (SSSR count). The lowest BCUT2D eigenvalue weighted by atomic mass is 10.3. The maximum atomic E-state index is 12.2. The van der Waals surface area contributed by atoms with Crippen molar-refractivity contribution >= 4 is 58.0 Å². The van der Waals surface area contributed by atoms with Crippen molar-refractivity contribution in [3.8, 4) is 0 Å². The lowest BCUT2D eigenvalue weighted by Crippen LogP contribution is -2.13. The van der Waals surface area contributed by atoms with Gasteiger partial charge in [0.1, 0.15) is 0 Å². The van der Waals surface area contributed by atoms with Crippen LogP contribution in [0.3, 0.4) is 0 Å². The maximum absolute atomic E-state index is 12.2. The highest BCUT2D eigenvalue weighted by Gasteiger charge is 2.08. The molecule has 0 bridgehead atoms. The van der Waals surface area contributed by atoms with Gasteiger partial charge in [0.15, 0.2) is 0 Å². The van der Waals surface area contributed by atoms with Crippen LogP contribution in [-0.4, -0.2) is 15.9 Å². The molecule has 0 atom stereocenters. The van der Waals surface area contributed by atoms with Crippen molar-refractivity contribution < 1.29 is 4.79 Å². The van der Waals surface area contributed by atoms with E-state index in [4.69, 9.17) is 34.8 Å². The fraction of sp³-hybridized carbons (Fsp3) is 0. The summed E-state index contributed by atoms with van der Waals surface area (Å²) >= 11 is 17.6. The molecule has 0 unspecified atom stereocenters. The summed E-state index contributed by atoms with van der Waals surface area (Å²) in [5.41, 5.74) is 1.65. The summed E-state index contributed by atoms with van der Waals surface area (Å²) in [6.07, 6.45) is 2.86. The molecule has 0 saturated heterocycles. The summed E-state index contributed by atoms with van der Waals surface area (Å²) in [4.78, 5) is 20.4. The van der Waals surface area contributed by atoms with E-state index in [0.717, 1.165) is 0 Å². The number of amides is 1. The summed E-state index contributed by atoms with van der Waals surface area (Å²) < 4.78 is 0.